The van der Waals surface area contributed by atoms with E-state index in [1.807, 2.05) is 30.6 Å². The van der Waals surface area contributed by atoms with Crippen LogP contribution >= 0.6 is 0 Å². The number of benzene rings is 1. The SMILES string of the molecule is FC(F)(F)CN1CCN(CCn2cnc3ccccc32)CC1. The number of para-hydroxylation sites is 2. The van der Waals surface area contributed by atoms with Crippen LogP contribution in [0.2, 0.25) is 0 Å². The monoisotopic (exact) mass is 312 g/mol. The molecule has 0 spiro atoms. The van der Waals surface area contributed by atoms with Crippen molar-refractivity contribution in [3.63, 3.8) is 0 Å². The second-order valence-electron chi connectivity index (χ2n) is 5.66. The molecule has 1 aliphatic heterocycles. The van der Waals surface area contributed by atoms with Crippen molar-refractivity contribution >= 4 is 11.0 Å². The number of alkyl halides is 3. The molecule has 1 fully saturated rings. The minimum atomic E-state index is -4.10. The number of hydrogen-bond donors (Lipinski definition) is 0. The molecule has 1 aromatic heterocycles. The van der Waals surface area contributed by atoms with Gasteiger partial charge in [-0.1, -0.05) is 12.1 Å². The van der Waals surface area contributed by atoms with E-state index in [4.69, 9.17) is 0 Å². The molecule has 0 amide bonds. The molecule has 0 radical (unpaired) electrons. The maximum absolute atomic E-state index is 12.4. The Balaban J connectivity index is 1.49. The van der Waals surface area contributed by atoms with Gasteiger partial charge in [-0.3, -0.25) is 9.80 Å². The second-order valence-corrected chi connectivity index (χ2v) is 5.66. The Kier molecular flexibility index (Phi) is 4.35. The van der Waals surface area contributed by atoms with Crippen molar-refractivity contribution in [3.8, 4) is 0 Å². The van der Waals surface area contributed by atoms with Crippen molar-refractivity contribution in [2.45, 2.75) is 12.7 Å². The molecule has 4 nitrogen and oxygen atoms in total. The first-order valence-corrected chi connectivity index (χ1v) is 7.43. The van der Waals surface area contributed by atoms with Crippen LogP contribution in [0.3, 0.4) is 0 Å². The lowest BCUT2D eigenvalue weighted by atomic mass is 10.3. The predicted octanol–water partition coefficient (Wildman–Crippen LogP) is 2.22. The van der Waals surface area contributed by atoms with E-state index in [-0.39, 0.29) is 0 Å². The summed E-state index contributed by atoms with van der Waals surface area (Å²) in [6, 6.07) is 7.95. The number of fused-ring (bicyclic) bond motifs is 1. The number of nitrogens with zero attached hydrogens (tertiary/aromatic N) is 4. The molecule has 7 heteroatoms. The number of rotatable bonds is 4. The molecule has 0 N–H and O–H groups in total. The highest BCUT2D eigenvalue weighted by molar-refractivity contribution is 5.74. The fourth-order valence-corrected chi connectivity index (χ4v) is 2.86. The van der Waals surface area contributed by atoms with Crippen LogP contribution in [-0.4, -0.2) is 64.8 Å². The van der Waals surface area contributed by atoms with E-state index in [1.165, 1.54) is 4.90 Å². The van der Waals surface area contributed by atoms with E-state index >= 15 is 0 Å². The van der Waals surface area contributed by atoms with Crippen LogP contribution in [0.25, 0.3) is 11.0 Å². The average Bonchev–Trinajstić information content (AvgIpc) is 2.88. The highest BCUT2D eigenvalue weighted by atomic mass is 19.4. The number of halogens is 3. The molecule has 0 bridgehead atoms. The number of imidazole rings is 1. The van der Waals surface area contributed by atoms with Crippen LogP contribution in [-0.2, 0) is 6.54 Å². The quantitative estimate of drug-likeness (QED) is 0.865. The molecule has 1 saturated heterocycles. The minimum Gasteiger partial charge on any atom is -0.329 e. The Bertz CT molecular complexity index is 615. The molecule has 2 aromatic rings. The summed E-state index contributed by atoms with van der Waals surface area (Å²) in [5.74, 6) is 0. The summed E-state index contributed by atoms with van der Waals surface area (Å²) >= 11 is 0. The molecule has 0 saturated carbocycles. The molecule has 0 unspecified atom stereocenters. The van der Waals surface area contributed by atoms with Gasteiger partial charge in [-0.15, -0.1) is 0 Å². The Labute approximate surface area is 127 Å². The summed E-state index contributed by atoms with van der Waals surface area (Å²) in [5, 5.41) is 0. The summed E-state index contributed by atoms with van der Waals surface area (Å²) in [5.41, 5.74) is 2.07. The Morgan fingerprint density at radius 1 is 0.955 bits per heavy atom. The fraction of sp³-hybridized carbons (Fsp3) is 0.533. The molecule has 0 aliphatic carbocycles. The van der Waals surface area contributed by atoms with Crippen LogP contribution in [0.15, 0.2) is 30.6 Å². The fourth-order valence-electron chi connectivity index (χ4n) is 2.86. The number of aromatic nitrogens is 2. The molecule has 0 atom stereocenters. The molecular formula is C15H19F3N4. The zero-order valence-electron chi connectivity index (χ0n) is 12.3. The Morgan fingerprint density at radius 2 is 1.64 bits per heavy atom. The first kappa shape index (κ1) is 15.3. The standard InChI is InChI=1S/C15H19F3N4/c16-15(17,18)11-21-7-5-20(6-8-21)9-10-22-12-19-13-3-1-2-4-14(13)22/h1-4,12H,5-11H2. The van der Waals surface area contributed by atoms with Gasteiger partial charge in [0, 0.05) is 39.3 Å². The lowest BCUT2D eigenvalue weighted by Crippen LogP contribution is -2.49. The van der Waals surface area contributed by atoms with Crippen LogP contribution in [0.1, 0.15) is 0 Å². The van der Waals surface area contributed by atoms with Gasteiger partial charge < -0.3 is 4.57 Å². The summed E-state index contributed by atoms with van der Waals surface area (Å²) in [4.78, 5) is 8.03. The smallest absolute Gasteiger partial charge is 0.329 e. The predicted molar refractivity (Wildman–Crippen MR) is 78.7 cm³/mol. The van der Waals surface area contributed by atoms with Gasteiger partial charge in [0.05, 0.1) is 23.9 Å². The molecule has 3 rings (SSSR count). The normalized spacial score (nSPS) is 18.1. The summed E-state index contributed by atoms with van der Waals surface area (Å²) < 4.78 is 39.2. The van der Waals surface area contributed by atoms with Crippen molar-refractivity contribution in [2.75, 3.05) is 39.3 Å². The van der Waals surface area contributed by atoms with Crippen molar-refractivity contribution in [1.82, 2.24) is 19.4 Å². The van der Waals surface area contributed by atoms with E-state index in [9.17, 15) is 13.2 Å². The topological polar surface area (TPSA) is 24.3 Å². The van der Waals surface area contributed by atoms with Gasteiger partial charge >= 0.3 is 6.18 Å². The average molecular weight is 312 g/mol. The highest BCUT2D eigenvalue weighted by Crippen LogP contribution is 2.17. The third-order valence-electron chi connectivity index (χ3n) is 4.05. The highest BCUT2D eigenvalue weighted by Gasteiger charge is 2.31. The molecule has 2 heterocycles. The Hall–Kier alpha value is -1.60. The van der Waals surface area contributed by atoms with Gasteiger partial charge in [0.1, 0.15) is 0 Å². The van der Waals surface area contributed by atoms with Gasteiger partial charge in [-0.05, 0) is 12.1 Å². The zero-order valence-corrected chi connectivity index (χ0v) is 12.3. The molecule has 1 aliphatic rings. The Morgan fingerprint density at radius 3 is 2.36 bits per heavy atom. The largest absolute Gasteiger partial charge is 0.401 e. The third-order valence-corrected chi connectivity index (χ3v) is 4.05. The van der Waals surface area contributed by atoms with Crippen molar-refractivity contribution in [1.29, 1.82) is 0 Å². The molecule has 120 valence electrons. The van der Waals surface area contributed by atoms with E-state index in [0.717, 1.165) is 24.1 Å². The van der Waals surface area contributed by atoms with Crippen LogP contribution in [0.4, 0.5) is 13.2 Å². The van der Waals surface area contributed by atoms with Crippen molar-refractivity contribution in [2.24, 2.45) is 0 Å². The lowest BCUT2D eigenvalue weighted by Gasteiger charge is -2.35. The number of hydrogen-bond acceptors (Lipinski definition) is 3. The summed E-state index contributed by atoms with van der Waals surface area (Å²) in [6.45, 7) is 3.16. The molecule has 22 heavy (non-hydrogen) atoms. The molecular weight excluding hydrogens is 293 g/mol. The van der Waals surface area contributed by atoms with Crippen LogP contribution in [0, 0.1) is 0 Å². The van der Waals surface area contributed by atoms with Crippen LogP contribution in [0.5, 0.6) is 0 Å². The van der Waals surface area contributed by atoms with Crippen molar-refractivity contribution < 1.29 is 13.2 Å². The lowest BCUT2D eigenvalue weighted by molar-refractivity contribution is -0.149. The van der Waals surface area contributed by atoms with Gasteiger partial charge in [0.15, 0.2) is 0 Å². The minimum absolute atomic E-state index is 0.476. The maximum atomic E-state index is 12.4. The van der Waals surface area contributed by atoms with E-state index in [1.54, 1.807) is 0 Å². The van der Waals surface area contributed by atoms with Gasteiger partial charge in [-0.25, -0.2) is 4.98 Å². The van der Waals surface area contributed by atoms with E-state index in [0.29, 0.717) is 26.2 Å². The zero-order chi connectivity index (χ0) is 15.6. The van der Waals surface area contributed by atoms with Gasteiger partial charge in [0.25, 0.3) is 0 Å². The second kappa shape index (κ2) is 6.26. The number of piperazine rings is 1. The van der Waals surface area contributed by atoms with Gasteiger partial charge in [-0.2, -0.15) is 13.2 Å². The summed E-state index contributed by atoms with van der Waals surface area (Å²) in [6.07, 6.45) is -2.28. The molecule has 1 aromatic carbocycles. The van der Waals surface area contributed by atoms with Gasteiger partial charge in [0.2, 0.25) is 0 Å². The first-order chi connectivity index (χ1) is 10.5. The summed E-state index contributed by atoms with van der Waals surface area (Å²) in [7, 11) is 0. The third kappa shape index (κ3) is 3.78. The van der Waals surface area contributed by atoms with E-state index in [2.05, 4.69) is 14.5 Å². The van der Waals surface area contributed by atoms with Crippen molar-refractivity contribution in [3.05, 3.63) is 30.6 Å². The van der Waals surface area contributed by atoms with Crippen LogP contribution < -0.4 is 0 Å². The maximum Gasteiger partial charge on any atom is 0.401 e. The first-order valence-electron chi connectivity index (χ1n) is 7.43. The van der Waals surface area contributed by atoms with E-state index < -0.39 is 12.7 Å².